The fourth-order valence-electron chi connectivity index (χ4n) is 3.75. The van der Waals surface area contributed by atoms with Crippen LogP contribution in [-0.2, 0) is 14.3 Å². The van der Waals surface area contributed by atoms with Gasteiger partial charge in [-0.2, -0.15) is 0 Å². The van der Waals surface area contributed by atoms with Crippen molar-refractivity contribution in [2.75, 3.05) is 33.9 Å². The predicted molar refractivity (Wildman–Crippen MR) is 82.5 cm³/mol. The third-order valence-electron chi connectivity index (χ3n) is 5.05. The summed E-state index contributed by atoms with van der Waals surface area (Å²) in [5.74, 6) is 0. The van der Waals surface area contributed by atoms with Gasteiger partial charge in [0.25, 0.3) is 0 Å². The fraction of sp³-hybridized carbons (Fsp3) is 0.938. The lowest BCUT2D eigenvalue weighted by atomic mass is 9.83. The van der Waals surface area contributed by atoms with E-state index in [4.69, 9.17) is 9.47 Å². The fourth-order valence-corrected chi connectivity index (χ4v) is 3.75. The molecule has 0 amide bonds. The summed E-state index contributed by atoms with van der Waals surface area (Å²) in [4.78, 5) is 11.6. The number of nitrogens with one attached hydrogen (secondary N) is 2. The summed E-state index contributed by atoms with van der Waals surface area (Å²) in [5.41, 5.74) is -0.109. The number of ether oxygens (including phenoxy) is 2. The topological polar surface area (TPSA) is 59.6 Å². The summed E-state index contributed by atoms with van der Waals surface area (Å²) in [6, 6.07) is 0.791. The molecule has 0 radical (unpaired) electrons. The van der Waals surface area contributed by atoms with Crippen molar-refractivity contribution >= 4 is 6.29 Å². The van der Waals surface area contributed by atoms with Crippen LogP contribution in [0.1, 0.15) is 38.5 Å². The van der Waals surface area contributed by atoms with Crippen LogP contribution in [0.25, 0.3) is 0 Å². The molecule has 2 N–H and O–H groups in total. The molecule has 1 saturated heterocycles. The monoisotopic (exact) mass is 298 g/mol. The molecule has 21 heavy (non-hydrogen) atoms. The minimum absolute atomic E-state index is 0.109. The molecule has 0 bridgehead atoms. The van der Waals surface area contributed by atoms with Gasteiger partial charge in [-0.05, 0) is 52.1 Å². The smallest absolute Gasteiger partial charge is 0.126 e. The van der Waals surface area contributed by atoms with Crippen LogP contribution in [0.3, 0.4) is 0 Å². The van der Waals surface area contributed by atoms with Crippen molar-refractivity contribution in [1.29, 1.82) is 0 Å². The highest BCUT2D eigenvalue weighted by molar-refractivity contribution is 5.60. The molecule has 1 saturated carbocycles. The van der Waals surface area contributed by atoms with E-state index in [1.54, 1.807) is 7.11 Å². The van der Waals surface area contributed by atoms with E-state index in [0.717, 1.165) is 51.7 Å². The van der Waals surface area contributed by atoms with E-state index >= 15 is 0 Å². The third-order valence-corrected chi connectivity index (χ3v) is 5.05. The highest BCUT2D eigenvalue weighted by atomic mass is 16.5. The second-order valence-electron chi connectivity index (χ2n) is 6.54. The molecule has 1 aliphatic heterocycles. The van der Waals surface area contributed by atoms with Gasteiger partial charge in [0.15, 0.2) is 0 Å². The quantitative estimate of drug-likeness (QED) is 0.519. The maximum atomic E-state index is 11.6. The molecule has 5 heteroatoms. The van der Waals surface area contributed by atoms with Crippen molar-refractivity contribution in [2.24, 2.45) is 5.41 Å². The number of carbonyl (C=O) groups is 1. The largest absolute Gasteiger partial charge is 0.379 e. The first kappa shape index (κ1) is 16.9. The van der Waals surface area contributed by atoms with Gasteiger partial charge in [-0.15, -0.1) is 0 Å². The van der Waals surface area contributed by atoms with Gasteiger partial charge in [0.1, 0.15) is 6.29 Å². The average Bonchev–Trinajstić information content (AvgIpc) is 2.92. The van der Waals surface area contributed by atoms with E-state index in [2.05, 4.69) is 10.6 Å². The molecule has 0 aromatic rings. The van der Waals surface area contributed by atoms with Crippen molar-refractivity contribution in [2.45, 2.75) is 56.7 Å². The Balaban J connectivity index is 1.84. The van der Waals surface area contributed by atoms with Crippen LogP contribution >= 0.6 is 0 Å². The van der Waals surface area contributed by atoms with Gasteiger partial charge >= 0.3 is 0 Å². The first-order chi connectivity index (χ1) is 10.2. The van der Waals surface area contributed by atoms with Gasteiger partial charge in [0.05, 0.1) is 12.7 Å². The van der Waals surface area contributed by atoms with E-state index in [1.165, 1.54) is 6.29 Å². The average molecular weight is 298 g/mol. The van der Waals surface area contributed by atoms with Gasteiger partial charge in [-0.3, -0.25) is 0 Å². The number of rotatable bonds is 8. The summed E-state index contributed by atoms with van der Waals surface area (Å²) >= 11 is 0. The Bertz CT molecular complexity index is 327. The molecule has 4 atom stereocenters. The molecule has 5 nitrogen and oxygen atoms in total. The van der Waals surface area contributed by atoms with Crippen molar-refractivity contribution < 1.29 is 14.3 Å². The Morgan fingerprint density at radius 2 is 2.29 bits per heavy atom. The van der Waals surface area contributed by atoms with E-state index < -0.39 is 0 Å². The first-order valence-electron chi connectivity index (χ1n) is 8.20. The third kappa shape index (κ3) is 4.49. The van der Waals surface area contributed by atoms with Gasteiger partial charge in [-0.1, -0.05) is 0 Å². The maximum Gasteiger partial charge on any atom is 0.126 e. The zero-order chi connectivity index (χ0) is 15.1. The van der Waals surface area contributed by atoms with Crippen LogP contribution in [0.5, 0.6) is 0 Å². The van der Waals surface area contributed by atoms with Crippen LogP contribution < -0.4 is 10.6 Å². The summed E-state index contributed by atoms with van der Waals surface area (Å²) in [5, 5.41) is 6.88. The molecule has 1 heterocycles. The van der Waals surface area contributed by atoms with Crippen molar-refractivity contribution in [1.82, 2.24) is 10.6 Å². The molecule has 0 spiro atoms. The second kappa shape index (κ2) is 8.22. The molecule has 122 valence electrons. The Morgan fingerprint density at radius 1 is 1.43 bits per heavy atom. The highest BCUT2D eigenvalue weighted by Gasteiger charge is 2.40. The van der Waals surface area contributed by atoms with Crippen LogP contribution in [0.15, 0.2) is 0 Å². The van der Waals surface area contributed by atoms with Gasteiger partial charge in [-0.25, -0.2) is 0 Å². The van der Waals surface area contributed by atoms with E-state index in [0.29, 0.717) is 18.7 Å². The summed E-state index contributed by atoms with van der Waals surface area (Å²) in [6.45, 7) is 2.45. The maximum absolute atomic E-state index is 11.6. The summed E-state index contributed by atoms with van der Waals surface area (Å²) in [6.07, 6.45) is 7.47. The number of aldehydes is 1. The summed E-state index contributed by atoms with van der Waals surface area (Å²) in [7, 11) is 3.71. The van der Waals surface area contributed by atoms with Crippen LogP contribution in [0.2, 0.25) is 0 Å². The molecule has 2 rings (SSSR count). The predicted octanol–water partition coefficient (Wildman–Crippen LogP) is 1.12. The van der Waals surface area contributed by atoms with E-state index in [9.17, 15) is 4.79 Å². The Kier molecular flexibility index (Phi) is 6.61. The zero-order valence-electron chi connectivity index (χ0n) is 13.4. The SMILES string of the molecule is CNCCCC1(C=O)CCC(NC2CCOCC2OC)C1. The Hall–Kier alpha value is -0.490. The molecular weight excluding hydrogens is 268 g/mol. The van der Waals surface area contributed by atoms with E-state index in [1.807, 2.05) is 7.05 Å². The molecule has 0 aromatic heterocycles. The van der Waals surface area contributed by atoms with Crippen molar-refractivity contribution in [3.05, 3.63) is 0 Å². The first-order valence-corrected chi connectivity index (χ1v) is 8.20. The van der Waals surface area contributed by atoms with Crippen molar-refractivity contribution in [3.63, 3.8) is 0 Å². The number of hydrogen-bond donors (Lipinski definition) is 2. The van der Waals surface area contributed by atoms with Crippen molar-refractivity contribution in [3.8, 4) is 0 Å². The Morgan fingerprint density at radius 3 is 3.00 bits per heavy atom. The number of hydrogen-bond acceptors (Lipinski definition) is 5. The van der Waals surface area contributed by atoms with Crippen LogP contribution in [-0.4, -0.2) is 58.4 Å². The molecular formula is C16H30N2O3. The molecule has 4 unspecified atom stereocenters. The minimum Gasteiger partial charge on any atom is -0.379 e. The second-order valence-corrected chi connectivity index (χ2v) is 6.54. The molecule has 1 aliphatic carbocycles. The molecule has 2 aliphatic rings. The number of methoxy groups -OCH3 is 1. The van der Waals surface area contributed by atoms with Gasteiger partial charge in [0.2, 0.25) is 0 Å². The zero-order valence-corrected chi connectivity index (χ0v) is 13.4. The minimum atomic E-state index is -0.109. The number of carbonyl (C=O) groups excluding carboxylic acids is 1. The van der Waals surface area contributed by atoms with Crippen LogP contribution in [0.4, 0.5) is 0 Å². The van der Waals surface area contributed by atoms with Crippen LogP contribution in [0, 0.1) is 5.41 Å². The summed E-state index contributed by atoms with van der Waals surface area (Å²) < 4.78 is 11.0. The highest BCUT2D eigenvalue weighted by Crippen LogP contribution is 2.40. The molecule has 2 fully saturated rings. The Labute approximate surface area is 128 Å². The lowest BCUT2D eigenvalue weighted by molar-refractivity contribution is -0.116. The molecule has 0 aromatic carbocycles. The van der Waals surface area contributed by atoms with Gasteiger partial charge < -0.3 is 24.9 Å². The van der Waals surface area contributed by atoms with Gasteiger partial charge in [0, 0.05) is 31.2 Å². The normalized spacial score (nSPS) is 36.8. The van der Waals surface area contributed by atoms with E-state index in [-0.39, 0.29) is 11.5 Å². The lowest BCUT2D eigenvalue weighted by Crippen LogP contribution is -2.50. The lowest BCUT2D eigenvalue weighted by Gasteiger charge is -2.33. The standard InChI is InChI=1S/C16H30N2O3/c1-17-8-3-6-16(12-19)7-4-13(10-16)18-14-5-9-21-11-15(14)20-2/h12-15,17-18H,3-11H2,1-2H3.